The summed E-state index contributed by atoms with van der Waals surface area (Å²) < 4.78 is 0. The molecule has 3 amide bonds. The first-order valence-electron chi connectivity index (χ1n) is 5.56. The summed E-state index contributed by atoms with van der Waals surface area (Å²) in [4.78, 5) is 23.8. The molecule has 6 heteroatoms. The van der Waals surface area contributed by atoms with E-state index in [9.17, 15) is 9.59 Å². The molecule has 1 saturated heterocycles. The van der Waals surface area contributed by atoms with Crippen molar-refractivity contribution in [2.45, 2.75) is 25.8 Å². The van der Waals surface area contributed by atoms with Gasteiger partial charge in [0.25, 0.3) is 0 Å². The Balaban J connectivity index is 2.37. The summed E-state index contributed by atoms with van der Waals surface area (Å²) in [6.07, 6.45) is 2.14. The number of amides is 3. The van der Waals surface area contributed by atoms with Gasteiger partial charge in [0, 0.05) is 12.6 Å². The minimum atomic E-state index is -0.800. The second kappa shape index (κ2) is 5.81. The van der Waals surface area contributed by atoms with Crippen molar-refractivity contribution in [1.29, 1.82) is 0 Å². The van der Waals surface area contributed by atoms with Crippen LogP contribution in [0.15, 0.2) is 0 Å². The van der Waals surface area contributed by atoms with Gasteiger partial charge in [0.2, 0.25) is 5.91 Å². The fraction of sp³-hybridized carbons (Fsp3) is 0.800. The Morgan fingerprint density at radius 3 is 2.81 bits per heavy atom. The summed E-state index contributed by atoms with van der Waals surface area (Å²) in [5.41, 5.74) is 10.7. The number of nitrogens with one attached hydrogen (secondary N) is 1. The number of hydrogen-bond donors (Lipinski definition) is 3. The molecule has 2 atom stereocenters. The van der Waals surface area contributed by atoms with Crippen molar-refractivity contribution in [3.63, 3.8) is 0 Å². The molecule has 1 aliphatic heterocycles. The van der Waals surface area contributed by atoms with Crippen molar-refractivity contribution in [2.75, 3.05) is 19.6 Å². The van der Waals surface area contributed by atoms with Crippen LogP contribution in [0, 0.1) is 5.92 Å². The van der Waals surface area contributed by atoms with E-state index in [1.54, 1.807) is 0 Å². The summed E-state index contributed by atoms with van der Waals surface area (Å²) in [5, 5.41) is 2.06. The monoisotopic (exact) mass is 228 g/mol. The highest BCUT2D eigenvalue weighted by Gasteiger charge is 2.23. The van der Waals surface area contributed by atoms with E-state index < -0.39 is 6.03 Å². The first-order chi connectivity index (χ1) is 7.49. The van der Waals surface area contributed by atoms with Crippen LogP contribution < -0.4 is 16.8 Å². The van der Waals surface area contributed by atoms with Gasteiger partial charge in [0.15, 0.2) is 0 Å². The van der Waals surface area contributed by atoms with Crippen LogP contribution in [0.25, 0.3) is 0 Å². The summed E-state index contributed by atoms with van der Waals surface area (Å²) in [6.45, 7) is 3.88. The van der Waals surface area contributed by atoms with Crippen LogP contribution >= 0.6 is 0 Å². The first-order valence-corrected chi connectivity index (χ1v) is 5.56. The van der Waals surface area contributed by atoms with Crippen LogP contribution in [0.2, 0.25) is 0 Å². The lowest BCUT2D eigenvalue weighted by Crippen LogP contribution is -2.47. The minimum Gasteiger partial charge on any atom is -0.351 e. The summed E-state index contributed by atoms with van der Waals surface area (Å²) in [6, 6.07) is -0.659. The Labute approximate surface area is 95.3 Å². The number of piperidine rings is 1. The van der Waals surface area contributed by atoms with Gasteiger partial charge in [0.1, 0.15) is 0 Å². The normalized spacial score (nSPS) is 23.8. The molecule has 0 aromatic heterocycles. The number of rotatable bonds is 3. The van der Waals surface area contributed by atoms with Crippen molar-refractivity contribution >= 4 is 11.9 Å². The van der Waals surface area contributed by atoms with Gasteiger partial charge in [-0.25, -0.2) is 4.79 Å². The van der Waals surface area contributed by atoms with Crippen LogP contribution in [0.4, 0.5) is 4.79 Å². The zero-order valence-electron chi connectivity index (χ0n) is 9.61. The van der Waals surface area contributed by atoms with E-state index in [0.717, 1.165) is 25.9 Å². The van der Waals surface area contributed by atoms with E-state index >= 15 is 0 Å². The number of carbonyl (C=O) groups excluding carboxylic acids is 2. The fourth-order valence-corrected chi connectivity index (χ4v) is 2.04. The summed E-state index contributed by atoms with van der Waals surface area (Å²) in [5.74, 6) is 0.0768. The molecule has 2 unspecified atom stereocenters. The van der Waals surface area contributed by atoms with Gasteiger partial charge in [-0.1, -0.05) is 0 Å². The lowest BCUT2D eigenvalue weighted by atomic mass is 9.92. The van der Waals surface area contributed by atoms with Crippen LogP contribution in [0.3, 0.4) is 0 Å². The standard InChI is InChI=1S/C10H20N4O2/c1-7(11)8-3-2-4-14(5-8)6-9(15)13-10(12)16/h7-8H,2-6,11H2,1H3,(H3,12,13,15,16). The number of imide groups is 1. The second-order valence-electron chi connectivity index (χ2n) is 4.41. The molecular formula is C10H20N4O2. The number of nitrogens with zero attached hydrogens (tertiary/aromatic N) is 1. The quantitative estimate of drug-likeness (QED) is 0.591. The van der Waals surface area contributed by atoms with Gasteiger partial charge < -0.3 is 11.5 Å². The van der Waals surface area contributed by atoms with Crippen LogP contribution in [0.5, 0.6) is 0 Å². The number of likely N-dealkylation sites (tertiary alicyclic amines) is 1. The molecule has 0 aliphatic carbocycles. The molecule has 0 bridgehead atoms. The van der Waals surface area contributed by atoms with Crippen LogP contribution in [-0.2, 0) is 4.79 Å². The smallest absolute Gasteiger partial charge is 0.318 e. The van der Waals surface area contributed by atoms with E-state index in [1.807, 2.05) is 11.8 Å². The van der Waals surface area contributed by atoms with Gasteiger partial charge in [-0.15, -0.1) is 0 Å². The molecule has 16 heavy (non-hydrogen) atoms. The molecule has 1 rings (SSSR count). The highest BCUT2D eigenvalue weighted by atomic mass is 16.2. The van der Waals surface area contributed by atoms with Crippen molar-refractivity contribution in [3.05, 3.63) is 0 Å². The van der Waals surface area contributed by atoms with Gasteiger partial charge in [-0.2, -0.15) is 0 Å². The second-order valence-corrected chi connectivity index (χ2v) is 4.41. The number of nitrogens with two attached hydrogens (primary N) is 2. The zero-order chi connectivity index (χ0) is 12.1. The molecule has 1 fully saturated rings. The minimum absolute atomic E-state index is 0.141. The Kier molecular flexibility index (Phi) is 4.70. The highest BCUT2D eigenvalue weighted by Crippen LogP contribution is 2.18. The van der Waals surface area contributed by atoms with Gasteiger partial charge in [-0.3, -0.25) is 15.0 Å². The van der Waals surface area contributed by atoms with Gasteiger partial charge in [-0.05, 0) is 32.2 Å². The predicted octanol–water partition coefficient (Wildman–Crippen LogP) is -0.759. The Morgan fingerprint density at radius 2 is 2.25 bits per heavy atom. The molecule has 1 heterocycles. The largest absolute Gasteiger partial charge is 0.351 e. The molecule has 92 valence electrons. The maximum absolute atomic E-state index is 11.3. The van der Waals surface area contributed by atoms with E-state index in [0.29, 0.717) is 5.92 Å². The van der Waals surface area contributed by atoms with Gasteiger partial charge in [0.05, 0.1) is 6.54 Å². The van der Waals surface area contributed by atoms with Crippen molar-refractivity contribution < 1.29 is 9.59 Å². The van der Waals surface area contributed by atoms with Crippen LogP contribution in [0.1, 0.15) is 19.8 Å². The third kappa shape index (κ3) is 4.16. The molecular weight excluding hydrogens is 208 g/mol. The lowest BCUT2D eigenvalue weighted by Gasteiger charge is -2.33. The molecule has 0 radical (unpaired) electrons. The summed E-state index contributed by atoms with van der Waals surface area (Å²) in [7, 11) is 0. The number of hydrogen-bond acceptors (Lipinski definition) is 4. The number of carbonyl (C=O) groups is 2. The van der Waals surface area contributed by atoms with E-state index in [4.69, 9.17) is 11.5 Å². The maximum Gasteiger partial charge on any atom is 0.318 e. The third-order valence-corrected chi connectivity index (χ3v) is 2.92. The van der Waals surface area contributed by atoms with Crippen molar-refractivity contribution in [3.8, 4) is 0 Å². The maximum atomic E-state index is 11.3. The zero-order valence-corrected chi connectivity index (χ0v) is 9.61. The lowest BCUT2D eigenvalue weighted by molar-refractivity contribution is -0.121. The Morgan fingerprint density at radius 1 is 1.56 bits per heavy atom. The molecule has 5 N–H and O–H groups in total. The first kappa shape index (κ1) is 12.9. The fourth-order valence-electron chi connectivity index (χ4n) is 2.04. The number of primary amides is 1. The molecule has 0 spiro atoms. The predicted molar refractivity (Wildman–Crippen MR) is 60.5 cm³/mol. The number of urea groups is 1. The van der Waals surface area contributed by atoms with E-state index in [2.05, 4.69) is 5.32 Å². The highest BCUT2D eigenvalue weighted by molar-refractivity contribution is 5.94. The van der Waals surface area contributed by atoms with E-state index in [-0.39, 0.29) is 18.5 Å². The average Bonchev–Trinajstić information content (AvgIpc) is 2.16. The SMILES string of the molecule is CC(N)C1CCCN(CC(=O)NC(N)=O)C1. The molecule has 0 saturated carbocycles. The van der Waals surface area contributed by atoms with E-state index in [1.165, 1.54) is 0 Å². The van der Waals surface area contributed by atoms with Crippen LogP contribution in [-0.4, -0.2) is 42.5 Å². The topological polar surface area (TPSA) is 101 Å². The van der Waals surface area contributed by atoms with Crippen molar-refractivity contribution in [1.82, 2.24) is 10.2 Å². The average molecular weight is 228 g/mol. The molecule has 0 aromatic carbocycles. The molecule has 0 aromatic rings. The Hall–Kier alpha value is -1.14. The summed E-state index contributed by atoms with van der Waals surface area (Å²) >= 11 is 0. The Bertz CT molecular complexity index is 268. The van der Waals surface area contributed by atoms with Gasteiger partial charge >= 0.3 is 6.03 Å². The third-order valence-electron chi connectivity index (χ3n) is 2.92. The van der Waals surface area contributed by atoms with Crippen molar-refractivity contribution in [2.24, 2.45) is 17.4 Å². The molecule has 1 aliphatic rings. The molecule has 6 nitrogen and oxygen atoms in total.